The fourth-order valence-electron chi connectivity index (χ4n) is 6.70. The van der Waals surface area contributed by atoms with Gasteiger partial charge in [-0.2, -0.15) is 0 Å². The van der Waals surface area contributed by atoms with Crippen molar-refractivity contribution in [1.82, 2.24) is 0 Å². The third-order valence-electron chi connectivity index (χ3n) is 8.77. The molecule has 196 valence electrons. The molecule has 5 nitrogen and oxygen atoms in total. The van der Waals surface area contributed by atoms with Gasteiger partial charge in [-0.15, -0.1) is 13.0 Å². The highest BCUT2D eigenvalue weighted by Crippen LogP contribution is 2.60. The van der Waals surface area contributed by atoms with Gasteiger partial charge in [-0.1, -0.05) is 36.6 Å². The van der Waals surface area contributed by atoms with Gasteiger partial charge in [-0.05, 0) is 74.6 Å². The molecule has 36 heavy (non-hydrogen) atoms. The molecule has 1 heterocycles. The molecule has 0 radical (unpaired) electrons. The predicted octanol–water partition coefficient (Wildman–Crippen LogP) is 5.96. The first-order valence-corrected chi connectivity index (χ1v) is 13.4. The van der Waals surface area contributed by atoms with Crippen molar-refractivity contribution >= 4 is 0 Å². The summed E-state index contributed by atoms with van der Waals surface area (Å²) in [5.74, 6) is 2.86. The average molecular weight is 495 g/mol. The van der Waals surface area contributed by atoms with Crippen molar-refractivity contribution in [1.29, 1.82) is 0 Å². The third kappa shape index (κ3) is 5.29. The van der Waals surface area contributed by atoms with Crippen LogP contribution in [0.3, 0.4) is 0 Å². The highest BCUT2D eigenvalue weighted by Gasteiger charge is 2.64. The predicted molar refractivity (Wildman–Crippen MR) is 141 cm³/mol. The Labute approximate surface area is 216 Å². The minimum atomic E-state index is -1.23. The lowest BCUT2D eigenvalue weighted by Gasteiger charge is -2.46. The van der Waals surface area contributed by atoms with Crippen LogP contribution in [-0.4, -0.2) is 43.4 Å². The van der Waals surface area contributed by atoms with E-state index in [1.165, 1.54) is 24.0 Å². The number of rotatable bonds is 11. The zero-order chi connectivity index (χ0) is 25.7. The number of ether oxygens (including phenoxy) is 4. The lowest BCUT2D eigenvalue weighted by atomic mass is 9.65. The number of terminal acetylenes is 1. The number of methoxy groups -OCH3 is 1. The first kappa shape index (κ1) is 26.9. The van der Waals surface area contributed by atoms with Gasteiger partial charge < -0.3 is 24.1 Å². The molecule has 1 spiro atoms. The van der Waals surface area contributed by atoms with Crippen LogP contribution in [0, 0.1) is 23.7 Å². The Morgan fingerprint density at radius 1 is 1.17 bits per heavy atom. The number of aliphatic hydroxyl groups is 1. The monoisotopic (exact) mass is 494 g/mol. The van der Waals surface area contributed by atoms with Gasteiger partial charge in [-0.3, -0.25) is 0 Å². The average Bonchev–Trinajstić information content (AvgIpc) is 3.50. The molecule has 0 unspecified atom stereocenters. The molecule has 5 heteroatoms. The summed E-state index contributed by atoms with van der Waals surface area (Å²) >= 11 is 0. The van der Waals surface area contributed by atoms with Crippen molar-refractivity contribution in [2.24, 2.45) is 11.3 Å². The van der Waals surface area contributed by atoms with Crippen molar-refractivity contribution in [3.8, 4) is 18.1 Å². The van der Waals surface area contributed by atoms with Crippen LogP contribution in [0.15, 0.2) is 48.1 Å². The Hall–Kier alpha value is -2.10. The van der Waals surface area contributed by atoms with E-state index in [1.54, 1.807) is 7.11 Å². The van der Waals surface area contributed by atoms with Gasteiger partial charge in [0, 0.05) is 17.8 Å². The molecule has 1 saturated carbocycles. The van der Waals surface area contributed by atoms with E-state index in [2.05, 4.69) is 19.4 Å². The van der Waals surface area contributed by atoms with E-state index in [-0.39, 0.29) is 5.92 Å². The zero-order valence-corrected chi connectivity index (χ0v) is 22.0. The van der Waals surface area contributed by atoms with Gasteiger partial charge in [0.1, 0.15) is 11.4 Å². The molecule has 2 fully saturated rings. The second kappa shape index (κ2) is 11.5. The Kier molecular flexibility index (Phi) is 8.63. The van der Waals surface area contributed by atoms with Crippen LogP contribution in [0.2, 0.25) is 0 Å². The highest BCUT2D eigenvalue weighted by atomic mass is 16.7. The third-order valence-corrected chi connectivity index (χ3v) is 8.77. The molecule has 0 bridgehead atoms. The van der Waals surface area contributed by atoms with E-state index in [4.69, 9.17) is 25.4 Å². The van der Waals surface area contributed by atoms with Gasteiger partial charge in [0.2, 0.25) is 0 Å². The van der Waals surface area contributed by atoms with Crippen LogP contribution in [0.4, 0.5) is 0 Å². The van der Waals surface area contributed by atoms with E-state index in [9.17, 15) is 5.11 Å². The zero-order valence-electron chi connectivity index (χ0n) is 22.0. The number of benzene rings is 1. The van der Waals surface area contributed by atoms with Gasteiger partial charge in [0.05, 0.1) is 33.5 Å². The molecule has 0 aromatic heterocycles. The largest absolute Gasteiger partial charge is 0.497 e. The molecule has 3 atom stereocenters. The van der Waals surface area contributed by atoms with Crippen molar-refractivity contribution in [2.75, 3.05) is 26.9 Å². The van der Waals surface area contributed by atoms with Gasteiger partial charge in [0.15, 0.2) is 5.79 Å². The van der Waals surface area contributed by atoms with E-state index in [1.807, 2.05) is 30.3 Å². The fourth-order valence-corrected chi connectivity index (χ4v) is 6.70. The summed E-state index contributed by atoms with van der Waals surface area (Å²) in [5, 5.41) is 11.9. The van der Waals surface area contributed by atoms with Gasteiger partial charge >= 0.3 is 0 Å². The number of allylic oxidation sites excluding steroid dienone is 2. The molecule has 3 aliphatic rings. The molecule has 1 aromatic carbocycles. The lowest BCUT2D eigenvalue weighted by Crippen LogP contribution is -2.52. The van der Waals surface area contributed by atoms with E-state index >= 15 is 0 Å². The molecule has 1 aromatic rings. The molecule has 1 saturated heterocycles. The maximum absolute atomic E-state index is 11.9. The molecule has 1 aliphatic heterocycles. The molecular formula is C31H42O5. The summed E-state index contributed by atoms with van der Waals surface area (Å²) in [4.78, 5) is 0. The van der Waals surface area contributed by atoms with Crippen LogP contribution in [-0.2, 0) is 20.8 Å². The Morgan fingerprint density at radius 3 is 2.50 bits per heavy atom. The topological polar surface area (TPSA) is 57.2 Å². The molecule has 1 N–H and O–H groups in total. The smallest absolute Gasteiger partial charge is 0.174 e. The van der Waals surface area contributed by atoms with Gasteiger partial charge in [-0.25, -0.2) is 0 Å². The summed E-state index contributed by atoms with van der Waals surface area (Å²) in [5.41, 5.74) is 2.25. The standard InChI is InChI=1S/C31H42O5/c1-5-17-29(3)28(16-19-31(29)35-20-21-36-31)30(32,6-2)18-15-25-9-7-8-10-26(25)23-34-22-24-11-13-27(33-4)14-12-24/h2,5,11-14,28,32H,1,7-10,15-23H2,3-4H3/t28-,29-,30-/m0/s1. The highest BCUT2D eigenvalue weighted by molar-refractivity contribution is 5.27. The molecule has 0 amide bonds. The first-order valence-electron chi connectivity index (χ1n) is 13.4. The Balaban J connectivity index is 1.43. The summed E-state index contributed by atoms with van der Waals surface area (Å²) in [6, 6.07) is 7.99. The minimum Gasteiger partial charge on any atom is -0.497 e. The van der Waals surface area contributed by atoms with Crippen molar-refractivity contribution in [3.63, 3.8) is 0 Å². The maximum atomic E-state index is 11.9. The molecule has 4 rings (SSSR count). The van der Waals surface area contributed by atoms with E-state index in [0.717, 1.165) is 43.4 Å². The SMILES string of the molecule is C#C[C@](O)(CCC1=C(COCc2ccc(OC)cc2)CCCC1)[C@H]1CCC2(OCCO2)[C@@]1(C)CC=C. The van der Waals surface area contributed by atoms with Crippen LogP contribution in [0.1, 0.15) is 70.3 Å². The Morgan fingerprint density at radius 2 is 1.86 bits per heavy atom. The van der Waals surface area contributed by atoms with Crippen molar-refractivity contribution in [3.05, 3.63) is 53.6 Å². The van der Waals surface area contributed by atoms with Crippen LogP contribution in [0.5, 0.6) is 5.75 Å². The minimum absolute atomic E-state index is 0.120. The summed E-state index contributed by atoms with van der Waals surface area (Å²) in [6.45, 7) is 8.49. The number of hydrogen-bond acceptors (Lipinski definition) is 5. The van der Waals surface area contributed by atoms with E-state index < -0.39 is 16.8 Å². The van der Waals surface area contributed by atoms with E-state index in [0.29, 0.717) is 39.3 Å². The van der Waals surface area contributed by atoms with Crippen LogP contribution < -0.4 is 4.74 Å². The van der Waals surface area contributed by atoms with Gasteiger partial charge in [0.25, 0.3) is 0 Å². The first-order chi connectivity index (χ1) is 17.4. The maximum Gasteiger partial charge on any atom is 0.174 e. The van der Waals surface area contributed by atoms with Crippen molar-refractivity contribution < 1.29 is 24.1 Å². The summed E-state index contributed by atoms with van der Waals surface area (Å²) in [7, 11) is 1.67. The van der Waals surface area contributed by atoms with Crippen LogP contribution >= 0.6 is 0 Å². The summed E-state index contributed by atoms with van der Waals surface area (Å²) in [6.07, 6.45) is 16.0. The Bertz CT molecular complexity index is 968. The van der Waals surface area contributed by atoms with Crippen LogP contribution in [0.25, 0.3) is 0 Å². The molecular weight excluding hydrogens is 452 g/mol. The molecule has 2 aliphatic carbocycles. The quantitative estimate of drug-likeness (QED) is 0.304. The van der Waals surface area contributed by atoms with Crippen molar-refractivity contribution in [2.45, 2.75) is 82.7 Å². The summed E-state index contributed by atoms with van der Waals surface area (Å²) < 4.78 is 23.7. The fraction of sp³-hybridized carbons (Fsp3) is 0.613. The lowest BCUT2D eigenvalue weighted by molar-refractivity contribution is -0.233. The second-order valence-corrected chi connectivity index (χ2v) is 10.8. The normalized spacial score (nSPS) is 27.1. The second-order valence-electron chi connectivity index (χ2n) is 10.8. The number of hydrogen-bond donors (Lipinski definition) is 1.